The van der Waals surface area contributed by atoms with Gasteiger partial charge in [0.2, 0.25) is 0 Å². The zero-order valence-electron chi connectivity index (χ0n) is 11.8. The maximum atomic E-state index is 12.5. The summed E-state index contributed by atoms with van der Waals surface area (Å²) in [6.07, 6.45) is 2.20. The Hall–Kier alpha value is -2.30. The van der Waals surface area contributed by atoms with Gasteiger partial charge in [0.1, 0.15) is 0 Å². The van der Waals surface area contributed by atoms with E-state index in [1.807, 2.05) is 31.2 Å². The molecule has 3 rings (SSSR count). The molecule has 1 heterocycles. The van der Waals surface area contributed by atoms with Gasteiger partial charge in [-0.2, -0.15) is 0 Å². The zero-order chi connectivity index (χ0) is 15.0. The normalized spacial score (nSPS) is 21.6. The maximum Gasteiger partial charge on any atom is 0.308 e. The van der Waals surface area contributed by atoms with E-state index in [9.17, 15) is 14.7 Å². The van der Waals surface area contributed by atoms with Gasteiger partial charge in [-0.3, -0.25) is 9.59 Å². The van der Waals surface area contributed by atoms with E-state index in [1.165, 1.54) is 0 Å². The highest BCUT2D eigenvalue weighted by Crippen LogP contribution is 2.27. The Balaban J connectivity index is 1.87. The number of para-hydroxylation sites is 1. The predicted molar refractivity (Wildman–Crippen MR) is 79.3 cm³/mol. The second kappa shape index (κ2) is 5.24. The van der Waals surface area contributed by atoms with E-state index in [-0.39, 0.29) is 11.9 Å². The Morgan fingerprint density at radius 2 is 2.05 bits per heavy atom. The van der Waals surface area contributed by atoms with Crippen molar-refractivity contribution >= 4 is 22.8 Å². The van der Waals surface area contributed by atoms with Crippen molar-refractivity contribution in [3.8, 4) is 0 Å². The third-order valence-corrected chi connectivity index (χ3v) is 4.27. The van der Waals surface area contributed by atoms with Gasteiger partial charge in [0.25, 0.3) is 5.91 Å². The molecule has 1 fully saturated rings. The number of aromatic nitrogens is 1. The Morgan fingerprint density at radius 3 is 2.81 bits per heavy atom. The molecule has 21 heavy (non-hydrogen) atoms. The van der Waals surface area contributed by atoms with Crippen LogP contribution in [0.3, 0.4) is 0 Å². The van der Waals surface area contributed by atoms with Gasteiger partial charge in [-0.1, -0.05) is 24.6 Å². The number of aromatic amines is 1. The molecule has 0 radical (unpaired) electrons. The number of nitrogens with one attached hydrogen (secondary N) is 2. The van der Waals surface area contributed by atoms with Crippen LogP contribution in [0.5, 0.6) is 0 Å². The second-order valence-electron chi connectivity index (χ2n) is 5.63. The first-order chi connectivity index (χ1) is 10.1. The van der Waals surface area contributed by atoms with Gasteiger partial charge in [-0.15, -0.1) is 0 Å². The first kappa shape index (κ1) is 13.7. The average molecular weight is 286 g/mol. The van der Waals surface area contributed by atoms with Gasteiger partial charge in [0, 0.05) is 22.6 Å². The smallest absolute Gasteiger partial charge is 0.308 e. The van der Waals surface area contributed by atoms with Crippen molar-refractivity contribution in [3.05, 3.63) is 35.5 Å². The zero-order valence-corrected chi connectivity index (χ0v) is 11.8. The van der Waals surface area contributed by atoms with Crippen molar-refractivity contribution in [3.63, 3.8) is 0 Å². The molecule has 2 aromatic rings. The number of amides is 1. The summed E-state index contributed by atoms with van der Waals surface area (Å²) in [5.74, 6) is -1.49. The number of fused-ring (bicyclic) bond motifs is 1. The molecule has 110 valence electrons. The summed E-state index contributed by atoms with van der Waals surface area (Å²) in [5, 5.41) is 13.0. The van der Waals surface area contributed by atoms with E-state index in [0.29, 0.717) is 12.0 Å². The van der Waals surface area contributed by atoms with Gasteiger partial charge in [0.05, 0.1) is 11.5 Å². The van der Waals surface area contributed by atoms with Crippen LogP contribution < -0.4 is 5.32 Å². The Kier molecular flexibility index (Phi) is 3.41. The van der Waals surface area contributed by atoms with Crippen LogP contribution in [0.4, 0.5) is 0 Å². The molecule has 0 spiro atoms. The summed E-state index contributed by atoms with van der Waals surface area (Å²) in [6, 6.07) is 7.36. The fourth-order valence-corrected chi connectivity index (χ4v) is 3.24. The van der Waals surface area contributed by atoms with E-state index < -0.39 is 11.9 Å². The SMILES string of the molecule is Cc1[nH]c2ccccc2c1C(=O)NC1CCCC1C(=O)O. The molecular weight excluding hydrogens is 268 g/mol. The maximum absolute atomic E-state index is 12.5. The standard InChI is InChI=1S/C16H18N2O3/c1-9-14(10-5-2-3-7-12(10)17-9)15(19)18-13-8-4-6-11(13)16(20)21/h2-3,5,7,11,13,17H,4,6,8H2,1H3,(H,18,19)(H,20,21). The number of carbonyl (C=O) groups excluding carboxylic acids is 1. The predicted octanol–water partition coefficient (Wildman–Crippen LogP) is 2.46. The van der Waals surface area contributed by atoms with Crippen molar-refractivity contribution in [2.24, 2.45) is 5.92 Å². The number of hydrogen-bond donors (Lipinski definition) is 3. The fraction of sp³-hybridized carbons (Fsp3) is 0.375. The number of H-pyrrole nitrogens is 1. The summed E-state index contributed by atoms with van der Waals surface area (Å²) in [7, 11) is 0. The third-order valence-electron chi connectivity index (χ3n) is 4.27. The minimum absolute atomic E-state index is 0.192. The van der Waals surface area contributed by atoms with Crippen molar-refractivity contribution in [2.45, 2.75) is 32.2 Å². The summed E-state index contributed by atoms with van der Waals surface area (Å²) >= 11 is 0. The molecule has 2 atom stereocenters. The van der Waals surface area contributed by atoms with Crippen molar-refractivity contribution in [1.29, 1.82) is 0 Å². The number of rotatable bonds is 3. The van der Waals surface area contributed by atoms with Crippen LogP contribution in [0.2, 0.25) is 0 Å². The molecule has 3 N–H and O–H groups in total. The average Bonchev–Trinajstić information content (AvgIpc) is 3.01. The number of hydrogen-bond acceptors (Lipinski definition) is 2. The number of carbonyl (C=O) groups is 2. The number of aryl methyl sites for hydroxylation is 1. The van der Waals surface area contributed by atoms with E-state index >= 15 is 0 Å². The van der Waals surface area contributed by atoms with Gasteiger partial charge < -0.3 is 15.4 Å². The summed E-state index contributed by atoms with van der Waals surface area (Å²) in [5.41, 5.74) is 2.33. The topological polar surface area (TPSA) is 82.2 Å². The van der Waals surface area contributed by atoms with Gasteiger partial charge in [-0.25, -0.2) is 0 Å². The molecule has 1 saturated carbocycles. The summed E-state index contributed by atoms with van der Waals surface area (Å²) in [4.78, 5) is 26.9. The van der Waals surface area contributed by atoms with Crippen LogP contribution in [0.25, 0.3) is 10.9 Å². The van der Waals surface area contributed by atoms with Crippen LogP contribution in [0.1, 0.15) is 35.3 Å². The largest absolute Gasteiger partial charge is 0.481 e. The molecule has 0 aliphatic heterocycles. The number of carboxylic acids is 1. The summed E-state index contributed by atoms with van der Waals surface area (Å²) in [6.45, 7) is 1.86. The lowest BCUT2D eigenvalue weighted by Crippen LogP contribution is -2.40. The molecule has 2 unspecified atom stereocenters. The van der Waals surface area contributed by atoms with E-state index in [4.69, 9.17) is 0 Å². The fourth-order valence-electron chi connectivity index (χ4n) is 3.24. The minimum atomic E-state index is -0.826. The lowest BCUT2D eigenvalue weighted by atomic mass is 10.0. The molecule has 5 nitrogen and oxygen atoms in total. The highest BCUT2D eigenvalue weighted by atomic mass is 16.4. The highest BCUT2D eigenvalue weighted by Gasteiger charge is 2.34. The molecular formula is C16H18N2O3. The molecule has 1 aromatic heterocycles. The van der Waals surface area contributed by atoms with E-state index in [0.717, 1.165) is 29.4 Å². The lowest BCUT2D eigenvalue weighted by molar-refractivity contribution is -0.142. The molecule has 1 amide bonds. The monoisotopic (exact) mass is 286 g/mol. The summed E-state index contributed by atoms with van der Waals surface area (Å²) < 4.78 is 0. The van der Waals surface area contributed by atoms with Crippen LogP contribution in [0, 0.1) is 12.8 Å². The van der Waals surface area contributed by atoms with Crippen molar-refractivity contribution in [1.82, 2.24) is 10.3 Å². The molecule has 0 bridgehead atoms. The first-order valence-corrected chi connectivity index (χ1v) is 7.19. The molecule has 1 aliphatic rings. The third kappa shape index (κ3) is 2.39. The molecule has 5 heteroatoms. The molecule has 1 aromatic carbocycles. The molecule has 0 saturated heterocycles. The lowest BCUT2D eigenvalue weighted by Gasteiger charge is -2.17. The minimum Gasteiger partial charge on any atom is -0.481 e. The van der Waals surface area contributed by atoms with Gasteiger partial charge in [-0.05, 0) is 25.8 Å². The van der Waals surface area contributed by atoms with Crippen molar-refractivity contribution < 1.29 is 14.7 Å². The quantitative estimate of drug-likeness (QED) is 0.810. The molecule has 1 aliphatic carbocycles. The first-order valence-electron chi connectivity index (χ1n) is 7.19. The van der Waals surface area contributed by atoms with Crippen LogP contribution in [-0.4, -0.2) is 28.0 Å². The van der Waals surface area contributed by atoms with Crippen LogP contribution >= 0.6 is 0 Å². The number of carboxylic acid groups (broad SMARTS) is 1. The second-order valence-corrected chi connectivity index (χ2v) is 5.63. The van der Waals surface area contributed by atoms with Crippen LogP contribution in [-0.2, 0) is 4.79 Å². The Labute approximate surface area is 122 Å². The number of benzene rings is 1. The van der Waals surface area contributed by atoms with Gasteiger partial charge >= 0.3 is 5.97 Å². The van der Waals surface area contributed by atoms with Gasteiger partial charge in [0.15, 0.2) is 0 Å². The van der Waals surface area contributed by atoms with Crippen molar-refractivity contribution in [2.75, 3.05) is 0 Å². The highest BCUT2D eigenvalue weighted by molar-refractivity contribution is 6.08. The Morgan fingerprint density at radius 1 is 1.29 bits per heavy atom. The van der Waals surface area contributed by atoms with E-state index in [1.54, 1.807) is 0 Å². The number of aliphatic carboxylic acids is 1. The van der Waals surface area contributed by atoms with E-state index in [2.05, 4.69) is 10.3 Å². The Bertz CT molecular complexity index is 705. The van der Waals surface area contributed by atoms with Crippen LogP contribution in [0.15, 0.2) is 24.3 Å².